The van der Waals surface area contributed by atoms with E-state index in [9.17, 15) is 5.11 Å². The fourth-order valence-electron chi connectivity index (χ4n) is 2.80. The third-order valence-corrected chi connectivity index (χ3v) is 4.37. The Morgan fingerprint density at radius 1 is 1.10 bits per heavy atom. The van der Waals surface area contributed by atoms with E-state index >= 15 is 0 Å². The highest BCUT2D eigenvalue weighted by atomic mass is 16.5. The fourth-order valence-corrected chi connectivity index (χ4v) is 2.80. The molecule has 158 valence electrons. The average molecular weight is 400 g/mol. The van der Waals surface area contributed by atoms with Crippen LogP contribution >= 0.6 is 0 Å². The van der Waals surface area contributed by atoms with E-state index in [0.29, 0.717) is 31.4 Å². The summed E-state index contributed by atoms with van der Waals surface area (Å²) >= 11 is 0. The summed E-state index contributed by atoms with van der Waals surface area (Å²) in [7, 11) is 1.55. The predicted molar refractivity (Wildman–Crippen MR) is 118 cm³/mol. The van der Waals surface area contributed by atoms with Crippen LogP contribution in [-0.4, -0.2) is 44.4 Å². The maximum atomic E-state index is 9.69. The van der Waals surface area contributed by atoms with Crippen molar-refractivity contribution in [3.63, 3.8) is 0 Å². The second-order valence-corrected chi connectivity index (χ2v) is 7.01. The van der Waals surface area contributed by atoms with Crippen LogP contribution in [0.4, 0.5) is 0 Å². The second-order valence-electron chi connectivity index (χ2n) is 7.01. The average Bonchev–Trinajstić information content (AvgIpc) is 2.74. The Bertz CT molecular complexity index is 750. The summed E-state index contributed by atoms with van der Waals surface area (Å²) in [6.45, 7) is 7.72. The Labute approximate surface area is 174 Å². The highest BCUT2D eigenvalue weighted by Gasteiger charge is 2.05. The van der Waals surface area contributed by atoms with Gasteiger partial charge in [-0.1, -0.05) is 43.3 Å². The molecule has 6 nitrogen and oxygen atoms in total. The Kier molecular flexibility index (Phi) is 9.86. The summed E-state index contributed by atoms with van der Waals surface area (Å²) < 4.78 is 11.0. The fraction of sp³-hybridized carbons (Fsp3) is 0.435. The van der Waals surface area contributed by atoms with Crippen LogP contribution in [-0.2, 0) is 17.8 Å². The first-order chi connectivity index (χ1) is 14.1. The number of nitrogens with zero attached hydrogens (tertiary/aromatic N) is 1. The predicted octanol–water partition coefficient (Wildman–Crippen LogP) is 3.35. The number of hydrogen-bond donors (Lipinski definition) is 3. The topological polar surface area (TPSA) is 75.1 Å². The Morgan fingerprint density at radius 2 is 1.90 bits per heavy atom. The van der Waals surface area contributed by atoms with Gasteiger partial charge in [0.05, 0.1) is 20.3 Å². The van der Waals surface area contributed by atoms with Gasteiger partial charge in [0, 0.05) is 19.6 Å². The Hall–Kier alpha value is -2.73. The zero-order chi connectivity index (χ0) is 20.9. The first kappa shape index (κ1) is 22.6. The van der Waals surface area contributed by atoms with Crippen molar-refractivity contribution in [3.05, 3.63) is 59.7 Å². The number of nitrogens with one attached hydrogen (secondary N) is 2. The van der Waals surface area contributed by atoms with Gasteiger partial charge in [0.25, 0.3) is 0 Å². The molecule has 0 spiro atoms. The molecule has 0 amide bonds. The van der Waals surface area contributed by atoms with Gasteiger partial charge in [0.2, 0.25) is 0 Å². The molecule has 2 aromatic rings. The van der Waals surface area contributed by atoms with E-state index in [1.165, 1.54) is 5.56 Å². The van der Waals surface area contributed by atoms with Crippen LogP contribution in [0, 0.1) is 5.92 Å². The van der Waals surface area contributed by atoms with Gasteiger partial charge >= 0.3 is 0 Å². The van der Waals surface area contributed by atoms with Crippen LogP contribution in [0.15, 0.2) is 53.5 Å². The van der Waals surface area contributed by atoms with Gasteiger partial charge in [-0.25, -0.2) is 0 Å². The molecule has 0 radical (unpaired) electrons. The van der Waals surface area contributed by atoms with Crippen molar-refractivity contribution in [3.8, 4) is 11.5 Å². The lowest BCUT2D eigenvalue weighted by molar-refractivity contribution is 0.0945. The molecule has 2 aromatic carbocycles. The van der Waals surface area contributed by atoms with Gasteiger partial charge in [0.15, 0.2) is 17.5 Å². The number of hydrogen-bond acceptors (Lipinski definition) is 4. The number of guanidine groups is 1. The minimum atomic E-state index is 0.155. The molecule has 1 unspecified atom stereocenters. The van der Waals surface area contributed by atoms with E-state index < -0.39 is 0 Å². The second kappa shape index (κ2) is 12.7. The summed E-state index contributed by atoms with van der Waals surface area (Å²) in [5, 5.41) is 16.3. The highest BCUT2D eigenvalue weighted by molar-refractivity contribution is 5.79. The monoisotopic (exact) mass is 399 g/mol. The van der Waals surface area contributed by atoms with Crippen molar-refractivity contribution in [1.82, 2.24) is 10.6 Å². The summed E-state index contributed by atoms with van der Waals surface area (Å²) in [4.78, 5) is 4.67. The van der Waals surface area contributed by atoms with E-state index in [-0.39, 0.29) is 5.75 Å². The number of rotatable bonds is 11. The van der Waals surface area contributed by atoms with Crippen LogP contribution in [0.2, 0.25) is 0 Å². The summed E-state index contributed by atoms with van der Waals surface area (Å²) in [5.74, 6) is 1.78. The molecule has 0 saturated heterocycles. The van der Waals surface area contributed by atoms with Gasteiger partial charge in [-0.2, -0.15) is 0 Å². The van der Waals surface area contributed by atoms with Crippen molar-refractivity contribution in [2.45, 2.75) is 26.9 Å². The third kappa shape index (κ3) is 8.44. The maximum Gasteiger partial charge on any atom is 0.191 e. The summed E-state index contributed by atoms with van der Waals surface area (Å²) in [6, 6.07) is 15.6. The number of benzene rings is 2. The maximum absolute atomic E-state index is 9.69. The minimum absolute atomic E-state index is 0.155. The molecule has 3 N–H and O–H groups in total. The van der Waals surface area contributed by atoms with E-state index in [1.807, 2.05) is 30.3 Å². The molecule has 0 heterocycles. The first-order valence-electron chi connectivity index (χ1n) is 10.1. The molecule has 0 aliphatic carbocycles. The van der Waals surface area contributed by atoms with Crippen LogP contribution in [0.1, 0.15) is 25.0 Å². The van der Waals surface area contributed by atoms with Crippen molar-refractivity contribution in [2.24, 2.45) is 10.9 Å². The van der Waals surface area contributed by atoms with Crippen molar-refractivity contribution in [1.29, 1.82) is 0 Å². The van der Waals surface area contributed by atoms with Crippen molar-refractivity contribution >= 4 is 5.96 Å². The van der Waals surface area contributed by atoms with Gasteiger partial charge in [-0.15, -0.1) is 0 Å². The number of aliphatic imine (C=N–C) groups is 1. The van der Waals surface area contributed by atoms with Gasteiger partial charge < -0.3 is 25.2 Å². The smallest absolute Gasteiger partial charge is 0.191 e. The van der Waals surface area contributed by atoms with Crippen molar-refractivity contribution in [2.75, 3.05) is 33.4 Å². The molecule has 1 atom stereocenters. The van der Waals surface area contributed by atoms with Gasteiger partial charge in [-0.05, 0) is 42.5 Å². The van der Waals surface area contributed by atoms with Crippen molar-refractivity contribution < 1.29 is 14.6 Å². The standard InChI is InChI=1S/C23H33N3O3/c1-4-24-23(25-13-12-19-10-11-21(27)22(14-19)28-3)26-15-18(2)16-29-17-20-8-6-5-7-9-20/h5-11,14,18,27H,4,12-13,15-17H2,1-3H3,(H2,24,25,26). The van der Waals surface area contributed by atoms with E-state index in [2.05, 4.69) is 41.6 Å². The number of aromatic hydroxyl groups is 1. The summed E-state index contributed by atoms with van der Waals surface area (Å²) in [6.07, 6.45) is 0.802. The Morgan fingerprint density at radius 3 is 2.62 bits per heavy atom. The molecule has 0 saturated carbocycles. The lowest BCUT2D eigenvalue weighted by atomic mass is 10.1. The molecule has 0 bridgehead atoms. The van der Waals surface area contributed by atoms with Gasteiger partial charge in [-0.3, -0.25) is 4.99 Å². The lowest BCUT2D eigenvalue weighted by Gasteiger charge is -2.14. The van der Waals surface area contributed by atoms with Crippen LogP contribution < -0.4 is 15.4 Å². The number of phenols is 1. The molecular weight excluding hydrogens is 366 g/mol. The zero-order valence-electron chi connectivity index (χ0n) is 17.6. The van der Waals surface area contributed by atoms with Crippen LogP contribution in [0.3, 0.4) is 0 Å². The number of ether oxygens (including phenoxy) is 2. The quantitative estimate of drug-likeness (QED) is 0.399. The molecule has 0 aromatic heterocycles. The summed E-state index contributed by atoms with van der Waals surface area (Å²) in [5.41, 5.74) is 2.27. The minimum Gasteiger partial charge on any atom is -0.504 e. The lowest BCUT2D eigenvalue weighted by Crippen LogP contribution is -2.38. The van der Waals surface area contributed by atoms with Crippen LogP contribution in [0.25, 0.3) is 0 Å². The molecule has 0 aliphatic heterocycles. The number of phenolic OH excluding ortho intramolecular Hbond substituents is 1. The molecule has 0 fully saturated rings. The highest BCUT2D eigenvalue weighted by Crippen LogP contribution is 2.26. The number of methoxy groups -OCH3 is 1. The Balaban J connectivity index is 1.75. The van der Waals surface area contributed by atoms with Gasteiger partial charge in [0.1, 0.15) is 0 Å². The normalized spacial score (nSPS) is 12.4. The largest absolute Gasteiger partial charge is 0.504 e. The first-order valence-corrected chi connectivity index (χ1v) is 10.1. The molecule has 6 heteroatoms. The molecule has 29 heavy (non-hydrogen) atoms. The third-order valence-electron chi connectivity index (χ3n) is 4.37. The SMILES string of the molecule is CCNC(=NCC(C)COCc1ccccc1)NCCc1ccc(O)c(OC)c1. The van der Waals surface area contributed by atoms with E-state index in [4.69, 9.17) is 9.47 Å². The van der Waals surface area contributed by atoms with E-state index in [1.54, 1.807) is 13.2 Å². The molecule has 2 rings (SSSR count). The van der Waals surface area contributed by atoms with E-state index in [0.717, 1.165) is 31.0 Å². The van der Waals surface area contributed by atoms with Crippen LogP contribution in [0.5, 0.6) is 11.5 Å². The zero-order valence-corrected chi connectivity index (χ0v) is 17.6. The molecule has 0 aliphatic rings. The molecular formula is C23H33N3O3.